The highest BCUT2D eigenvalue weighted by atomic mass is 79.9. The van der Waals surface area contributed by atoms with Gasteiger partial charge in [0.1, 0.15) is 0 Å². The quantitative estimate of drug-likeness (QED) is 0.491. The van der Waals surface area contributed by atoms with Gasteiger partial charge >= 0.3 is 0 Å². The van der Waals surface area contributed by atoms with Crippen molar-refractivity contribution in [3.05, 3.63) is 51.4 Å². The summed E-state index contributed by atoms with van der Waals surface area (Å²) in [4.78, 5) is 7.97. The lowest BCUT2D eigenvalue weighted by Crippen LogP contribution is -2.38. The highest BCUT2D eigenvalue weighted by Gasteiger charge is 2.18. The van der Waals surface area contributed by atoms with Crippen LogP contribution in [0.1, 0.15) is 6.42 Å². The molecule has 2 N–H and O–H groups in total. The van der Waals surface area contributed by atoms with Crippen LogP contribution in [-0.4, -0.2) is 18.3 Å². The van der Waals surface area contributed by atoms with Gasteiger partial charge in [0.15, 0.2) is 0 Å². The van der Waals surface area contributed by atoms with Gasteiger partial charge in [-0.3, -0.25) is 0 Å². The summed E-state index contributed by atoms with van der Waals surface area (Å²) in [7, 11) is 0. The number of hydrogen-bond acceptors (Lipinski definition) is 2. The molecule has 0 radical (unpaired) electrons. The van der Waals surface area contributed by atoms with Gasteiger partial charge in [-0.1, -0.05) is 28.1 Å². The molecule has 0 amide bonds. The number of benzene rings is 2. The Balaban J connectivity index is 1.99. The number of halogens is 2. The molecule has 0 aliphatic carbocycles. The summed E-state index contributed by atoms with van der Waals surface area (Å²) in [6.45, 7) is 0.880. The van der Waals surface area contributed by atoms with E-state index in [1.807, 2.05) is 36.0 Å². The lowest BCUT2D eigenvalue weighted by molar-refractivity contribution is 0.910. The van der Waals surface area contributed by atoms with Crippen molar-refractivity contribution in [2.45, 2.75) is 11.3 Å². The smallest absolute Gasteiger partial charge is 0.201 e. The molecule has 0 saturated heterocycles. The summed E-state index contributed by atoms with van der Waals surface area (Å²) in [5.74, 6) is 1.62. The molecule has 2 aromatic carbocycles. The third-order valence-corrected chi connectivity index (χ3v) is 5.67. The summed E-state index contributed by atoms with van der Waals surface area (Å²) >= 11 is 8.87. The number of fused-ring (bicyclic) bond motifs is 1. The molecule has 0 spiro atoms. The van der Waals surface area contributed by atoms with E-state index in [2.05, 4.69) is 60.0 Å². The van der Waals surface area contributed by atoms with Gasteiger partial charge in [0.25, 0.3) is 0 Å². The minimum atomic E-state index is 0.522. The number of anilines is 1. The number of hydrogen-bond donors (Lipinski definition) is 1. The van der Waals surface area contributed by atoms with Crippen molar-refractivity contribution in [3.8, 4) is 0 Å². The minimum absolute atomic E-state index is 0.522. The number of nitrogens with two attached hydrogens (primary N) is 1. The van der Waals surface area contributed by atoms with Crippen molar-refractivity contribution >= 4 is 61.0 Å². The Kier molecular flexibility index (Phi) is 5.10. The van der Waals surface area contributed by atoms with Gasteiger partial charge in [0.05, 0.1) is 11.4 Å². The summed E-state index contributed by atoms with van der Waals surface area (Å²) < 4.78 is 1.91. The Labute approximate surface area is 151 Å². The number of nitrogens with zero attached hydrogens (tertiary/aromatic N) is 2. The number of rotatable bonds is 1. The summed E-state index contributed by atoms with van der Waals surface area (Å²) in [5.41, 5.74) is 8.27. The molecule has 0 atom stereocenters. The molecule has 22 heavy (non-hydrogen) atoms. The highest BCUT2D eigenvalue weighted by molar-refractivity contribution is 9.11. The molecule has 3 nitrogen and oxygen atoms in total. The summed E-state index contributed by atoms with van der Waals surface area (Å²) in [6, 6.07) is 14.2. The second kappa shape index (κ2) is 7.06. The van der Waals surface area contributed by atoms with Crippen LogP contribution in [0.4, 0.5) is 11.4 Å². The Bertz CT molecular complexity index is 718. The van der Waals surface area contributed by atoms with Gasteiger partial charge in [-0.15, -0.1) is 11.8 Å². The van der Waals surface area contributed by atoms with Crippen molar-refractivity contribution in [1.29, 1.82) is 0 Å². The Hall–Kier alpha value is -0.980. The Morgan fingerprint density at radius 3 is 2.86 bits per heavy atom. The van der Waals surface area contributed by atoms with Gasteiger partial charge in [-0.2, -0.15) is 0 Å². The van der Waals surface area contributed by atoms with E-state index in [0.717, 1.165) is 39.0 Å². The van der Waals surface area contributed by atoms with Gasteiger partial charge < -0.3 is 10.6 Å². The van der Waals surface area contributed by atoms with E-state index in [1.54, 1.807) is 0 Å². The van der Waals surface area contributed by atoms with Crippen LogP contribution in [0.5, 0.6) is 0 Å². The predicted molar refractivity (Wildman–Crippen MR) is 102 cm³/mol. The maximum Gasteiger partial charge on any atom is 0.201 e. The first-order chi connectivity index (χ1) is 10.6. The minimum Gasteiger partial charge on any atom is -0.369 e. The van der Waals surface area contributed by atoms with E-state index < -0.39 is 0 Å². The van der Waals surface area contributed by atoms with Gasteiger partial charge in [-0.25, -0.2) is 4.99 Å². The fraction of sp³-hybridized carbons (Fsp3) is 0.188. The normalized spacial score (nSPS) is 15.4. The molecule has 1 aliphatic heterocycles. The topological polar surface area (TPSA) is 41.6 Å². The fourth-order valence-corrected chi connectivity index (χ4v) is 4.00. The zero-order valence-corrected chi connectivity index (χ0v) is 15.8. The number of guanidine groups is 1. The van der Waals surface area contributed by atoms with E-state index in [9.17, 15) is 0 Å². The Morgan fingerprint density at radius 2 is 2.00 bits per heavy atom. The second-order valence-corrected chi connectivity index (χ2v) is 7.79. The summed E-state index contributed by atoms with van der Waals surface area (Å²) in [6.07, 6.45) is 1.08. The zero-order valence-electron chi connectivity index (χ0n) is 11.8. The van der Waals surface area contributed by atoms with Crippen molar-refractivity contribution in [1.82, 2.24) is 0 Å². The van der Waals surface area contributed by atoms with Crippen LogP contribution in [0.25, 0.3) is 0 Å². The molecule has 1 heterocycles. The highest BCUT2D eigenvalue weighted by Crippen LogP contribution is 2.34. The van der Waals surface area contributed by atoms with Crippen LogP contribution in [0.15, 0.2) is 61.3 Å². The number of aliphatic imine (C=N–C) groups is 1. The average Bonchev–Trinajstić information content (AvgIpc) is 2.73. The predicted octanol–water partition coefficient (Wildman–Crippen LogP) is 5.16. The first kappa shape index (κ1) is 15.9. The van der Waals surface area contributed by atoms with Crippen LogP contribution in [0.2, 0.25) is 0 Å². The van der Waals surface area contributed by atoms with E-state index in [0.29, 0.717) is 5.96 Å². The zero-order chi connectivity index (χ0) is 15.5. The van der Waals surface area contributed by atoms with E-state index in [1.165, 1.54) is 4.90 Å². The number of para-hydroxylation sites is 1. The summed E-state index contributed by atoms with van der Waals surface area (Å²) in [5, 5.41) is 0. The molecular weight excluding hydrogens is 426 g/mol. The van der Waals surface area contributed by atoms with Crippen LogP contribution < -0.4 is 10.6 Å². The molecule has 3 rings (SSSR count). The monoisotopic (exact) mass is 439 g/mol. The number of thioether (sulfide) groups is 1. The van der Waals surface area contributed by atoms with E-state index in [-0.39, 0.29) is 0 Å². The van der Waals surface area contributed by atoms with Crippen LogP contribution >= 0.6 is 43.6 Å². The van der Waals surface area contributed by atoms with E-state index >= 15 is 0 Å². The molecule has 0 fully saturated rings. The van der Waals surface area contributed by atoms with Gasteiger partial charge in [-0.05, 0) is 58.4 Å². The SMILES string of the molecule is NC(=Nc1cc(Br)ccc1Br)N1CCCSc2ccccc21. The molecule has 0 unspecified atom stereocenters. The van der Waals surface area contributed by atoms with E-state index in [4.69, 9.17) is 5.73 Å². The molecular formula is C16H15Br2N3S. The molecule has 0 aromatic heterocycles. The molecule has 0 bridgehead atoms. The first-order valence-electron chi connectivity index (χ1n) is 6.94. The third-order valence-electron chi connectivity index (χ3n) is 3.36. The largest absolute Gasteiger partial charge is 0.369 e. The standard InChI is InChI=1S/C16H15Br2N3S/c17-11-6-7-12(18)13(10-11)20-16(19)21-8-3-9-22-15-5-2-1-4-14(15)21/h1-2,4-7,10H,3,8-9H2,(H2,19,20). The second-order valence-electron chi connectivity index (χ2n) is 4.89. The molecule has 114 valence electrons. The van der Waals surface area contributed by atoms with Crippen LogP contribution in [-0.2, 0) is 0 Å². The third kappa shape index (κ3) is 3.50. The lowest BCUT2D eigenvalue weighted by atomic mass is 10.3. The van der Waals surface area contributed by atoms with Crippen molar-refractivity contribution < 1.29 is 0 Å². The maximum absolute atomic E-state index is 6.31. The molecule has 1 aliphatic rings. The first-order valence-corrected chi connectivity index (χ1v) is 9.51. The lowest BCUT2D eigenvalue weighted by Gasteiger charge is -2.23. The maximum atomic E-state index is 6.31. The van der Waals surface area contributed by atoms with Gasteiger partial charge in [0.2, 0.25) is 5.96 Å². The van der Waals surface area contributed by atoms with Crippen LogP contribution in [0.3, 0.4) is 0 Å². The Morgan fingerprint density at radius 1 is 1.18 bits per heavy atom. The fourth-order valence-electron chi connectivity index (χ4n) is 2.32. The average molecular weight is 441 g/mol. The van der Waals surface area contributed by atoms with Gasteiger partial charge in [0, 0.05) is 20.4 Å². The van der Waals surface area contributed by atoms with Crippen molar-refractivity contribution in [2.75, 3.05) is 17.2 Å². The molecule has 0 saturated carbocycles. The van der Waals surface area contributed by atoms with Crippen molar-refractivity contribution in [3.63, 3.8) is 0 Å². The van der Waals surface area contributed by atoms with Crippen LogP contribution in [0, 0.1) is 0 Å². The van der Waals surface area contributed by atoms with Crippen molar-refractivity contribution in [2.24, 2.45) is 10.7 Å². The molecule has 6 heteroatoms. The molecule has 2 aromatic rings.